The average Bonchev–Trinajstić information content (AvgIpc) is 3.30. The maximum Gasteiger partial charge on any atom is 0.490 e. The number of carbonyl (C=O) groups is 2. The van der Waals surface area contributed by atoms with Crippen molar-refractivity contribution in [2.24, 2.45) is 22.7 Å². The first-order valence-corrected chi connectivity index (χ1v) is 11.5. The number of amides is 1. The Morgan fingerprint density at radius 2 is 1.97 bits per heavy atom. The fraction of sp³-hybridized carbons (Fsp3) is 0.609. The van der Waals surface area contributed by atoms with E-state index in [0.29, 0.717) is 23.7 Å². The highest BCUT2D eigenvalue weighted by Gasteiger charge is 2.60. The second-order valence-electron chi connectivity index (χ2n) is 9.47. The Kier molecular flexibility index (Phi) is 6.48. The summed E-state index contributed by atoms with van der Waals surface area (Å²) in [5, 5.41) is 7.92. The van der Waals surface area contributed by atoms with Gasteiger partial charge in [0.15, 0.2) is 0 Å². The second-order valence-corrected chi connectivity index (χ2v) is 9.91. The molecule has 3 atom stereocenters. The topological polar surface area (TPSA) is 73.2 Å². The molecule has 6 nitrogen and oxygen atoms in total. The Balaban J connectivity index is 0.000000325. The molecule has 2 saturated carbocycles. The summed E-state index contributed by atoms with van der Waals surface area (Å²) in [6.07, 6.45) is -0.492. The zero-order valence-electron chi connectivity index (χ0n) is 18.3. The maximum atomic E-state index is 13.3. The molecule has 10 heteroatoms. The monoisotopic (exact) mass is 485 g/mol. The van der Waals surface area contributed by atoms with Crippen LogP contribution in [-0.4, -0.2) is 64.0 Å². The highest BCUT2D eigenvalue weighted by atomic mass is 35.5. The minimum Gasteiger partial charge on any atom is -0.475 e. The molecular formula is C23H27ClF3N3O3. The summed E-state index contributed by atoms with van der Waals surface area (Å²) >= 11 is 6.14. The molecule has 0 aromatic heterocycles. The highest BCUT2D eigenvalue weighted by molar-refractivity contribution is 6.30. The van der Waals surface area contributed by atoms with E-state index in [1.165, 1.54) is 18.4 Å². The van der Waals surface area contributed by atoms with Crippen molar-refractivity contribution in [1.82, 2.24) is 9.80 Å². The van der Waals surface area contributed by atoms with Gasteiger partial charge in [0.2, 0.25) is 0 Å². The van der Waals surface area contributed by atoms with E-state index in [-0.39, 0.29) is 0 Å². The normalized spacial score (nSPS) is 29.2. The largest absolute Gasteiger partial charge is 0.490 e. The van der Waals surface area contributed by atoms with Crippen molar-refractivity contribution in [3.8, 4) is 0 Å². The zero-order valence-corrected chi connectivity index (χ0v) is 19.1. The number of benzene rings is 1. The van der Waals surface area contributed by atoms with Gasteiger partial charge in [-0.25, -0.2) is 4.79 Å². The number of fused-ring (bicyclic) bond motifs is 2. The zero-order chi connectivity index (χ0) is 24.0. The lowest BCUT2D eigenvalue weighted by Crippen LogP contribution is -2.47. The van der Waals surface area contributed by atoms with Crippen LogP contribution in [0.2, 0.25) is 5.02 Å². The minimum absolute atomic E-state index is 0.291. The van der Waals surface area contributed by atoms with Crippen LogP contribution in [0.4, 0.5) is 13.2 Å². The van der Waals surface area contributed by atoms with Crippen LogP contribution >= 0.6 is 11.6 Å². The van der Waals surface area contributed by atoms with Crippen LogP contribution in [0.25, 0.3) is 0 Å². The molecule has 4 aliphatic rings. The SMILES string of the molecule is CC1=N[C@@]2(CC[C@@H]3CN(Cc4cccc(Cl)c4)C[C@@H]32)C(=O)N1CC1CC1.O=C(O)C(F)(F)F. The van der Waals surface area contributed by atoms with Gasteiger partial charge in [0, 0.05) is 37.1 Å². The van der Waals surface area contributed by atoms with E-state index in [1.54, 1.807) is 0 Å². The van der Waals surface area contributed by atoms with Gasteiger partial charge < -0.3 is 5.11 Å². The number of likely N-dealkylation sites (tertiary alicyclic amines) is 1. The number of alkyl halides is 3. The molecule has 180 valence electrons. The van der Waals surface area contributed by atoms with Crippen LogP contribution in [0.5, 0.6) is 0 Å². The average molecular weight is 486 g/mol. The van der Waals surface area contributed by atoms with Crippen molar-refractivity contribution in [2.45, 2.75) is 50.9 Å². The third-order valence-electron chi connectivity index (χ3n) is 7.07. The summed E-state index contributed by atoms with van der Waals surface area (Å²) in [4.78, 5) is 31.7. The van der Waals surface area contributed by atoms with Crippen LogP contribution in [0, 0.1) is 17.8 Å². The number of amidine groups is 1. The number of carboxylic acids is 1. The molecule has 3 fully saturated rings. The van der Waals surface area contributed by atoms with Crippen LogP contribution in [0.15, 0.2) is 29.3 Å². The molecule has 0 bridgehead atoms. The molecular weight excluding hydrogens is 459 g/mol. The number of aliphatic imine (C=N–C) groups is 1. The molecule has 1 saturated heterocycles. The molecule has 1 spiro atoms. The number of rotatable bonds is 4. The van der Waals surface area contributed by atoms with Crippen LogP contribution in [0.1, 0.15) is 38.2 Å². The number of halogens is 4. The number of carboxylic acid groups (broad SMARTS) is 1. The van der Waals surface area contributed by atoms with Crippen LogP contribution in [-0.2, 0) is 16.1 Å². The van der Waals surface area contributed by atoms with Gasteiger partial charge in [-0.15, -0.1) is 0 Å². The van der Waals surface area contributed by atoms with E-state index in [4.69, 9.17) is 26.5 Å². The summed E-state index contributed by atoms with van der Waals surface area (Å²) in [5.74, 6) is 0.158. The quantitative estimate of drug-likeness (QED) is 0.693. The van der Waals surface area contributed by atoms with Crippen molar-refractivity contribution in [2.75, 3.05) is 19.6 Å². The molecule has 2 aliphatic heterocycles. The Morgan fingerprint density at radius 3 is 2.58 bits per heavy atom. The van der Waals surface area contributed by atoms with E-state index < -0.39 is 17.7 Å². The van der Waals surface area contributed by atoms with Gasteiger partial charge in [-0.2, -0.15) is 13.2 Å². The second kappa shape index (κ2) is 8.91. The van der Waals surface area contributed by atoms with Gasteiger partial charge in [-0.05, 0) is 62.1 Å². The molecule has 1 N–H and O–H groups in total. The maximum absolute atomic E-state index is 13.3. The molecule has 1 aromatic rings. The summed E-state index contributed by atoms with van der Waals surface area (Å²) in [6, 6.07) is 8.11. The first-order chi connectivity index (χ1) is 15.5. The molecule has 2 aliphatic carbocycles. The van der Waals surface area contributed by atoms with E-state index in [9.17, 15) is 18.0 Å². The summed E-state index contributed by atoms with van der Waals surface area (Å²) in [7, 11) is 0. The molecule has 33 heavy (non-hydrogen) atoms. The fourth-order valence-electron chi connectivity index (χ4n) is 5.36. The van der Waals surface area contributed by atoms with Crippen molar-refractivity contribution in [1.29, 1.82) is 0 Å². The lowest BCUT2D eigenvalue weighted by atomic mass is 9.85. The Bertz CT molecular complexity index is 966. The first kappa shape index (κ1) is 24.0. The lowest BCUT2D eigenvalue weighted by molar-refractivity contribution is -0.192. The number of hydrogen-bond acceptors (Lipinski definition) is 4. The third kappa shape index (κ3) is 5.04. The van der Waals surface area contributed by atoms with Gasteiger partial charge in [0.05, 0.1) is 0 Å². The van der Waals surface area contributed by atoms with Gasteiger partial charge in [-0.1, -0.05) is 23.7 Å². The van der Waals surface area contributed by atoms with E-state index in [1.807, 2.05) is 30.0 Å². The highest BCUT2D eigenvalue weighted by Crippen LogP contribution is 2.51. The molecule has 0 unspecified atom stereocenters. The van der Waals surface area contributed by atoms with E-state index in [0.717, 1.165) is 49.9 Å². The number of carbonyl (C=O) groups excluding carboxylic acids is 1. The Labute approximate surface area is 195 Å². The van der Waals surface area contributed by atoms with E-state index in [2.05, 4.69) is 11.0 Å². The molecule has 1 aromatic carbocycles. The van der Waals surface area contributed by atoms with Crippen molar-refractivity contribution in [3.05, 3.63) is 34.9 Å². The van der Waals surface area contributed by atoms with Crippen LogP contribution in [0.3, 0.4) is 0 Å². The van der Waals surface area contributed by atoms with Gasteiger partial charge >= 0.3 is 12.1 Å². The third-order valence-corrected chi connectivity index (χ3v) is 7.30. The predicted octanol–water partition coefficient (Wildman–Crippen LogP) is 4.22. The predicted molar refractivity (Wildman–Crippen MR) is 117 cm³/mol. The van der Waals surface area contributed by atoms with Gasteiger partial charge in [0.1, 0.15) is 11.4 Å². The van der Waals surface area contributed by atoms with Crippen molar-refractivity contribution >= 4 is 29.3 Å². The summed E-state index contributed by atoms with van der Waals surface area (Å²) in [6.45, 7) is 5.87. The molecule has 5 rings (SSSR count). The van der Waals surface area contributed by atoms with Crippen molar-refractivity contribution in [3.63, 3.8) is 0 Å². The minimum atomic E-state index is -5.08. The Hall–Kier alpha value is -2.13. The first-order valence-electron chi connectivity index (χ1n) is 11.1. The standard InChI is InChI=1S/C21H26ClN3O.C2HF3O2/c1-14-23-21(20(26)25(14)11-15-5-6-15)8-7-17-12-24(13-19(17)21)10-16-3-2-4-18(22)9-16;3-2(4,5)1(6)7/h2-4,9,15,17,19H,5-8,10-13H2,1H3;(H,6,7)/t17-,19+,21-;/m1./s1. The van der Waals surface area contributed by atoms with Crippen molar-refractivity contribution < 1.29 is 27.9 Å². The van der Waals surface area contributed by atoms with Gasteiger partial charge in [0.25, 0.3) is 5.91 Å². The van der Waals surface area contributed by atoms with E-state index >= 15 is 0 Å². The van der Waals surface area contributed by atoms with Gasteiger partial charge in [-0.3, -0.25) is 19.6 Å². The molecule has 1 amide bonds. The number of aliphatic carboxylic acids is 1. The Morgan fingerprint density at radius 1 is 1.27 bits per heavy atom. The summed E-state index contributed by atoms with van der Waals surface area (Å²) in [5.41, 5.74) is 0.784. The molecule has 2 heterocycles. The molecule has 0 radical (unpaired) electrons. The summed E-state index contributed by atoms with van der Waals surface area (Å²) < 4.78 is 31.7. The number of hydrogen-bond donors (Lipinski definition) is 1. The smallest absolute Gasteiger partial charge is 0.475 e. The number of nitrogens with zero attached hydrogens (tertiary/aromatic N) is 3. The fourth-order valence-corrected chi connectivity index (χ4v) is 5.58. The lowest BCUT2D eigenvalue weighted by Gasteiger charge is -2.28. The van der Waals surface area contributed by atoms with Crippen LogP contribution < -0.4 is 0 Å².